The van der Waals surface area contributed by atoms with Crippen molar-refractivity contribution in [3.63, 3.8) is 0 Å². The molecule has 3 nitrogen and oxygen atoms in total. The number of nitrogens with one attached hydrogen (secondary N) is 1. The molecule has 18 heavy (non-hydrogen) atoms. The number of carbonyl (C=O) groups excluding carboxylic acids is 1. The van der Waals surface area contributed by atoms with E-state index in [0.29, 0.717) is 0 Å². The molecule has 0 radical (unpaired) electrons. The Bertz CT molecular complexity index is 365. The van der Waals surface area contributed by atoms with Crippen LogP contribution in [0.25, 0.3) is 0 Å². The first-order chi connectivity index (χ1) is 8.63. The maximum Gasteiger partial charge on any atom is 0.233 e. The molecular formula is C14H21NO2S. The number of thioether (sulfide) groups is 1. The molecule has 0 aliphatic heterocycles. The minimum absolute atomic E-state index is 0.0733. The summed E-state index contributed by atoms with van der Waals surface area (Å²) in [5, 5.41) is 12.0. The van der Waals surface area contributed by atoms with Gasteiger partial charge in [-0.2, -0.15) is 0 Å². The van der Waals surface area contributed by atoms with Crippen LogP contribution in [-0.2, 0) is 4.79 Å². The summed E-state index contributed by atoms with van der Waals surface area (Å²) in [5.74, 6) is 0.320. The quantitative estimate of drug-likeness (QED) is 0.589. The molecule has 1 unspecified atom stereocenters. The molecule has 1 aromatic rings. The van der Waals surface area contributed by atoms with Crippen LogP contribution in [0.5, 0.6) is 5.75 Å². The van der Waals surface area contributed by atoms with Gasteiger partial charge in [0.15, 0.2) is 0 Å². The summed E-state index contributed by atoms with van der Waals surface area (Å²) in [5.41, 5.74) is 0. The van der Waals surface area contributed by atoms with Gasteiger partial charge in [-0.15, -0.1) is 11.8 Å². The number of benzene rings is 1. The van der Waals surface area contributed by atoms with Gasteiger partial charge in [-0.3, -0.25) is 4.79 Å². The molecule has 1 amide bonds. The normalized spacial score (nSPS) is 12.1. The molecule has 1 atom stereocenters. The van der Waals surface area contributed by atoms with Crippen molar-refractivity contribution in [2.75, 3.05) is 6.54 Å². The van der Waals surface area contributed by atoms with Crippen LogP contribution in [0.2, 0.25) is 0 Å². The Hall–Kier alpha value is -1.16. The van der Waals surface area contributed by atoms with Crippen LogP contribution in [0.15, 0.2) is 29.2 Å². The molecule has 0 saturated carbocycles. The number of aromatic hydroxyl groups is 1. The van der Waals surface area contributed by atoms with Crippen molar-refractivity contribution in [2.24, 2.45) is 0 Å². The van der Waals surface area contributed by atoms with Crippen molar-refractivity contribution in [3.05, 3.63) is 24.3 Å². The molecule has 0 saturated heterocycles. The zero-order valence-corrected chi connectivity index (χ0v) is 11.8. The Kier molecular flexibility index (Phi) is 6.65. The molecule has 4 heteroatoms. The average molecular weight is 267 g/mol. The molecule has 100 valence electrons. The zero-order valence-electron chi connectivity index (χ0n) is 11.0. The summed E-state index contributed by atoms with van der Waals surface area (Å²) in [6.07, 6.45) is 3.35. The fraction of sp³-hybridized carbons (Fsp3) is 0.500. The maximum absolute atomic E-state index is 11.8. The monoisotopic (exact) mass is 267 g/mol. The molecule has 0 aliphatic carbocycles. The molecule has 0 aromatic heterocycles. The second kappa shape index (κ2) is 8.03. The van der Waals surface area contributed by atoms with Gasteiger partial charge in [-0.05, 0) is 37.6 Å². The van der Waals surface area contributed by atoms with E-state index in [-0.39, 0.29) is 16.9 Å². The van der Waals surface area contributed by atoms with Gasteiger partial charge in [-0.1, -0.05) is 19.8 Å². The summed E-state index contributed by atoms with van der Waals surface area (Å²) >= 11 is 1.50. The molecule has 0 aliphatic rings. The molecular weight excluding hydrogens is 246 g/mol. The third-order valence-corrected chi connectivity index (χ3v) is 3.71. The van der Waals surface area contributed by atoms with Crippen molar-refractivity contribution in [2.45, 2.75) is 43.3 Å². The summed E-state index contributed by atoms with van der Waals surface area (Å²) in [4.78, 5) is 12.8. The summed E-state index contributed by atoms with van der Waals surface area (Å²) in [6, 6.07) is 6.91. The highest BCUT2D eigenvalue weighted by Crippen LogP contribution is 2.24. The smallest absolute Gasteiger partial charge is 0.233 e. The highest BCUT2D eigenvalue weighted by atomic mass is 32.2. The first kappa shape index (κ1) is 14.9. The van der Waals surface area contributed by atoms with Crippen LogP contribution >= 0.6 is 11.8 Å². The van der Waals surface area contributed by atoms with Crippen molar-refractivity contribution in [1.29, 1.82) is 0 Å². The molecule has 1 aromatic carbocycles. The fourth-order valence-corrected chi connectivity index (χ4v) is 2.40. The topological polar surface area (TPSA) is 49.3 Å². The summed E-state index contributed by atoms with van der Waals surface area (Å²) in [6.45, 7) is 4.80. The van der Waals surface area contributed by atoms with Gasteiger partial charge in [0.05, 0.1) is 5.25 Å². The predicted molar refractivity (Wildman–Crippen MR) is 76.0 cm³/mol. The fourth-order valence-electron chi connectivity index (χ4n) is 1.51. The number of carbonyl (C=O) groups is 1. The highest BCUT2D eigenvalue weighted by molar-refractivity contribution is 8.00. The second-order valence-electron chi connectivity index (χ2n) is 4.25. The van der Waals surface area contributed by atoms with Crippen LogP contribution < -0.4 is 5.32 Å². The Balaban J connectivity index is 2.33. The molecule has 1 rings (SSSR count). The maximum atomic E-state index is 11.8. The van der Waals surface area contributed by atoms with Gasteiger partial charge in [0.2, 0.25) is 5.91 Å². The Morgan fingerprint density at radius 2 is 2.00 bits per heavy atom. The number of phenols is 1. The van der Waals surface area contributed by atoms with Crippen LogP contribution in [0.4, 0.5) is 0 Å². The van der Waals surface area contributed by atoms with Gasteiger partial charge in [0, 0.05) is 11.4 Å². The number of amides is 1. The highest BCUT2D eigenvalue weighted by Gasteiger charge is 2.13. The van der Waals surface area contributed by atoms with Gasteiger partial charge >= 0.3 is 0 Å². The largest absolute Gasteiger partial charge is 0.508 e. The van der Waals surface area contributed by atoms with E-state index in [0.717, 1.165) is 30.7 Å². The van der Waals surface area contributed by atoms with E-state index in [4.69, 9.17) is 0 Å². The number of hydrogen-bond acceptors (Lipinski definition) is 3. The van der Waals surface area contributed by atoms with Crippen molar-refractivity contribution in [1.82, 2.24) is 5.32 Å². The van der Waals surface area contributed by atoms with E-state index in [1.54, 1.807) is 12.1 Å². The predicted octanol–water partition coefficient (Wildman–Crippen LogP) is 3.18. The van der Waals surface area contributed by atoms with E-state index < -0.39 is 0 Å². The van der Waals surface area contributed by atoms with Crippen LogP contribution in [0, 0.1) is 0 Å². The molecule has 0 bridgehead atoms. The summed E-state index contributed by atoms with van der Waals surface area (Å²) in [7, 11) is 0. The van der Waals surface area contributed by atoms with Gasteiger partial charge in [0.25, 0.3) is 0 Å². The average Bonchev–Trinajstić information content (AvgIpc) is 2.37. The lowest BCUT2D eigenvalue weighted by Gasteiger charge is -2.11. The van der Waals surface area contributed by atoms with Gasteiger partial charge < -0.3 is 10.4 Å². The molecule has 0 fully saturated rings. The number of unbranched alkanes of at least 4 members (excludes halogenated alkanes) is 2. The van der Waals surface area contributed by atoms with Crippen molar-refractivity contribution >= 4 is 17.7 Å². The number of hydrogen-bond donors (Lipinski definition) is 2. The molecule has 2 N–H and O–H groups in total. The summed E-state index contributed by atoms with van der Waals surface area (Å²) < 4.78 is 0. The van der Waals surface area contributed by atoms with E-state index in [9.17, 15) is 9.90 Å². The SMILES string of the molecule is CCCCCNC(=O)C(C)Sc1ccc(O)cc1. The van der Waals surface area contributed by atoms with Crippen LogP contribution in [-0.4, -0.2) is 22.8 Å². The standard InChI is InChI=1S/C14H21NO2S/c1-3-4-5-10-15-14(17)11(2)18-13-8-6-12(16)7-9-13/h6-9,11,16H,3-5,10H2,1-2H3,(H,15,17). The third kappa shape index (κ3) is 5.45. The molecule has 0 spiro atoms. The first-order valence-corrected chi connectivity index (χ1v) is 7.25. The second-order valence-corrected chi connectivity index (χ2v) is 5.67. The minimum atomic E-state index is -0.115. The van der Waals surface area contributed by atoms with E-state index in [1.165, 1.54) is 11.8 Å². The van der Waals surface area contributed by atoms with E-state index in [1.807, 2.05) is 19.1 Å². The first-order valence-electron chi connectivity index (χ1n) is 6.37. The number of rotatable bonds is 7. The third-order valence-electron chi connectivity index (χ3n) is 2.60. The minimum Gasteiger partial charge on any atom is -0.508 e. The van der Waals surface area contributed by atoms with Crippen LogP contribution in [0.3, 0.4) is 0 Å². The lowest BCUT2D eigenvalue weighted by atomic mass is 10.2. The van der Waals surface area contributed by atoms with E-state index in [2.05, 4.69) is 12.2 Å². The van der Waals surface area contributed by atoms with Gasteiger partial charge in [-0.25, -0.2) is 0 Å². The lowest BCUT2D eigenvalue weighted by molar-refractivity contribution is -0.120. The zero-order chi connectivity index (χ0) is 13.4. The van der Waals surface area contributed by atoms with E-state index >= 15 is 0 Å². The molecule has 0 heterocycles. The number of phenolic OH excluding ortho intramolecular Hbond substituents is 1. The lowest BCUT2D eigenvalue weighted by Crippen LogP contribution is -2.31. The van der Waals surface area contributed by atoms with Gasteiger partial charge in [0.1, 0.15) is 5.75 Å². The van der Waals surface area contributed by atoms with Crippen molar-refractivity contribution < 1.29 is 9.90 Å². The Morgan fingerprint density at radius 3 is 2.61 bits per heavy atom. The van der Waals surface area contributed by atoms with Crippen molar-refractivity contribution in [3.8, 4) is 5.75 Å². The van der Waals surface area contributed by atoms with Crippen LogP contribution in [0.1, 0.15) is 33.1 Å². The Labute approximate surface area is 113 Å². The Morgan fingerprint density at radius 1 is 1.33 bits per heavy atom.